The number of benzene rings is 2. The molecule has 0 bridgehead atoms. The van der Waals surface area contributed by atoms with Crippen LogP contribution in [0, 0.1) is 0 Å². The Labute approximate surface area is 135 Å². The SMILES string of the molecule is CC(C)[Si]1(C(C)C)Oc2c(ccc3ccccc23)[Si](C)(C)O1. The van der Waals surface area contributed by atoms with Crippen molar-refractivity contribution in [3.63, 3.8) is 0 Å². The summed E-state index contributed by atoms with van der Waals surface area (Å²) in [4.78, 5) is 0. The summed E-state index contributed by atoms with van der Waals surface area (Å²) in [5.74, 6) is 1.11. The standard InChI is InChI=1S/C18H26O2Si2/c1-13(2)22(14(3)4)19-18-16-10-8-7-9-15(16)11-12-17(18)21(5,6)20-22/h7-14H,1-6H3. The molecule has 2 nitrogen and oxygen atoms in total. The maximum Gasteiger partial charge on any atom is 0.394 e. The molecule has 1 aliphatic rings. The van der Waals surface area contributed by atoms with Gasteiger partial charge < -0.3 is 8.54 Å². The third-order valence-electron chi connectivity index (χ3n) is 4.81. The van der Waals surface area contributed by atoms with Crippen LogP contribution in [0.25, 0.3) is 10.8 Å². The molecule has 0 N–H and O–H groups in total. The molecule has 118 valence electrons. The number of hydrogen-bond acceptors (Lipinski definition) is 2. The normalized spacial score (nSPS) is 19.3. The van der Waals surface area contributed by atoms with Gasteiger partial charge in [0.05, 0.1) is 0 Å². The molecule has 0 saturated heterocycles. The summed E-state index contributed by atoms with van der Waals surface area (Å²) in [7, 11) is -4.23. The minimum atomic E-state index is -2.28. The molecule has 2 aromatic carbocycles. The topological polar surface area (TPSA) is 18.5 Å². The zero-order chi connectivity index (χ0) is 16.1. The van der Waals surface area contributed by atoms with E-state index in [1.54, 1.807) is 0 Å². The highest BCUT2D eigenvalue weighted by Crippen LogP contribution is 2.43. The van der Waals surface area contributed by atoms with Gasteiger partial charge in [-0.2, -0.15) is 0 Å². The Morgan fingerprint density at radius 2 is 1.50 bits per heavy atom. The van der Waals surface area contributed by atoms with Gasteiger partial charge in [-0.25, -0.2) is 0 Å². The highest BCUT2D eigenvalue weighted by molar-refractivity contribution is 6.94. The summed E-state index contributed by atoms with van der Waals surface area (Å²) in [6.45, 7) is 13.7. The lowest BCUT2D eigenvalue weighted by atomic mass is 10.1. The lowest BCUT2D eigenvalue weighted by molar-refractivity contribution is 0.341. The molecular formula is C18H26O2Si2. The summed E-state index contributed by atoms with van der Waals surface area (Å²) in [6, 6.07) is 13.0. The van der Waals surface area contributed by atoms with Gasteiger partial charge in [0, 0.05) is 21.7 Å². The molecule has 4 heteroatoms. The molecule has 0 amide bonds. The highest BCUT2D eigenvalue weighted by Gasteiger charge is 2.55. The fraction of sp³-hybridized carbons (Fsp3) is 0.444. The van der Waals surface area contributed by atoms with Gasteiger partial charge in [0.1, 0.15) is 5.75 Å². The van der Waals surface area contributed by atoms with Crippen LogP contribution in [-0.2, 0) is 4.12 Å². The molecule has 0 spiro atoms. The van der Waals surface area contributed by atoms with Gasteiger partial charge in [-0.1, -0.05) is 64.1 Å². The number of rotatable bonds is 2. The summed E-state index contributed by atoms with van der Waals surface area (Å²) < 4.78 is 13.6. The molecule has 0 aliphatic carbocycles. The van der Waals surface area contributed by atoms with E-state index in [2.05, 4.69) is 77.2 Å². The van der Waals surface area contributed by atoms with E-state index in [0.29, 0.717) is 11.1 Å². The van der Waals surface area contributed by atoms with Gasteiger partial charge >= 0.3 is 8.56 Å². The molecule has 0 radical (unpaired) electrons. The van der Waals surface area contributed by atoms with Crippen LogP contribution in [0.4, 0.5) is 0 Å². The number of hydrogen-bond donors (Lipinski definition) is 0. The average Bonchev–Trinajstić information content (AvgIpc) is 2.45. The Morgan fingerprint density at radius 3 is 2.14 bits per heavy atom. The third-order valence-corrected chi connectivity index (χ3v) is 13.6. The van der Waals surface area contributed by atoms with E-state index in [1.807, 2.05) is 0 Å². The van der Waals surface area contributed by atoms with Crippen molar-refractivity contribution >= 4 is 32.8 Å². The largest absolute Gasteiger partial charge is 0.520 e. The molecule has 1 heterocycles. The van der Waals surface area contributed by atoms with Crippen LogP contribution in [0.3, 0.4) is 0 Å². The Morgan fingerprint density at radius 1 is 0.864 bits per heavy atom. The van der Waals surface area contributed by atoms with Crippen molar-refractivity contribution in [2.75, 3.05) is 0 Å². The summed E-state index contributed by atoms with van der Waals surface area (Å²) in [5, 5.41) is 3.79. The van der Waals surface area contributed by atoms with Crippen molar-refractivity contribution in [1.82, 2.24) is 0 Å². The van der Waals surface area contributed by atoms with Crippen LogP contribution in [-0.4, -0.2) is 16.9 Å². The maximum absolute atomic E-state index is 6.82. The molecule has 0 saturated carbocycles. The van der Waals surface area contributed by atoms with Crippen LogP contribution in [0.2, 0.25) is 24.2 Å². The Bertz CT molecular complexity index is 699. The van der Waals surface area contributed by atoms with Crippen LogP contribution < -0.4 is 9.61 Å². The maximum atomic E-state index is 6.82. The van der Waals surface area contributed by atoms with E-state index < -0.39 is 16.9 Å². The van der Waals surface area contributed by atoms with Gasteiger partial charge in [-0.3, -0.25) is 0 Å². The van der Waals surface area contributed by atoms with Crippen molar-refractivity contribution in [3.8, 4) is 5.75 Å². The minimum Gasteiger partial charge on any atom is -0.520 e. The summed E-state index contributed by atoms with van der Waals surface area (Å²) in [6.07, 6.45) is 0. The van der Waals surface area contributed by atoms with E-state index in [4.69, 9.17) is 8.54 Å². The highest BCUT2D eigenvalue weighted by atomic mass is 28.4. The van der Waals surface area contributed by atoms with Crippen LogP contribution >= 0.6 is 0 Å². The molecule has 0 unspecified atom stereocenters. The molecule has 22 heavy (non-hydrogen) atoms. The Hall–Kier alpha value is -1.11. The fourth-order valence-corrected chi connectivity index (χ4v) is 12.9. The summed E-state index contributed by atoms with van der Waals surface area (Å²) >= 11 is 0. The predicted molar refractivity (Wildman–Crippen MR) is 98.7 cm³/mol. The van der Waals surface area contributed by atoms with Gasteiger partial charge in [-0.15, -0.1) is 0 Å². The molecule has 0 atom stereocenters. The Kier molecular flexibility index (Phi) is 3.74. The van der Waals surface area contributed by atoms with Gasteiger partial charge in [0.25, 0.3) is 0 Å². The lowest BCUT2D eigenvalue weighted by Gasteiger charge is -2.48. The van der Waals surface area contributed by atoms with Crippen molar-refractivity contribution in [2.24, 2.45) is 0 Å². The summed E-state index contributed by atoms with van der Waals surface area (Å²) in [5.41, 5.74) is 0.873. The third kappa shape index (κ3) is 2.25. The van der Waals surface area contributed by atoms with Gasteiger partial charge in [-0.05, 0) is 18.5 Å². The van der Waals surface area contributed by atoms with Crippen molar-refractivity contribution in [1.29, 1.82) is 0 Å². The van der Waals surface area contributed by atoms with Crippen LogP contribution in [0.1, 0.15) is 27.7 Å². The number of fused-ring (bicyclic) bond motifs is 3. The minimum absolute atomic E-state index is 0.436. The first kappa shape index (κ1) is 15.8. The second-order valence-electron chi connectivity index (χ2n) is 7.41. The Balaban J connectivity index is 2.28. The van der Waals surface area contributed by atoms with Gasteiger partial charge in [0.2, 0.25) is 8.32 Å². The van der Waals surface area contributed by atoms with Crippen molar-refractivity contribution < 1.29 is 8.54 Å². The first-order valence-electron chi connectivity index (χ1n) is 8.19. The first-order valence-corrected chi connectivity index (χ1v) is 13.1. The quantitative estimate of drug-likeness (QED) is 0.727. The zero-order valence-electron chi connectivity index (χ0n) is 14.4. The van der Waals surface area contributed by atoms with Crippen LogP contribution in [0.15, 0.2) is 36.4 Å². The molecular weight excluding hydrogens is 304 g/mol. The lowest BCUT2D eigenvalue weighted by Crippen LogP contribution is -2.65. The second kappa shape index (κ2) is 5.22. The predicted octanol–water partition coefficient (Wildman–Crippen LogP) is 4.92. The molecule has 3 rings (SSSR count). The molecule has 2 aromatic rings. The van der Waals surface area contributed by atoms with Crippen molar-refractivity contribution in [2.45, 2.75) is 51.9 Å². The molecule has 0 fully saturated rings. The van der Waals surface area contributed by atoms with E-state index in [-0.39, 0.29) is 0 Å². The second-order valence-corrected chi connectivity index (χ2v) is 15.7. The van der Waals surface area contributed by atoms with Gasteiger partial charge in [0.15, 0.2) is 0 Å². The fourth-order valence-electron chi connectivity index (χ4n) is 3.60. The molecule has 0 aromatic heterocycles. The monoisotopic (exact) mass is 330 g/mol. The van der Waals surface area contributed by atoms with E-state index in [1.165, 1.54) is 16.0 Å². The average molecular weight is 331 g/mol. The smallest absolute Gasteiger partial charge is 0.394 e. The van der Waals surface area contributed by atoms with Crippen LogP contribution in [0.5, 0.6) is 5.75 Å². The van der Waals surface area contributed by atoms with E-state index in [9.17, 15) is 0 Å². The zero-order valence-corrected chi connectivity index (χ0v) is 16.4. The van der Waals surface area contributed by atoms with E-state index >= 15 is 0 Å². The van der Waals surface area contributed by atoms with Crippen molar-refractivity contribution in [3.05, 3.63) is 36.4 Å². The molecule has 1 aliphatic heterocycles. The first-order chi connectivity index (χ1) is 10.3. The van der Waals surface area contributed by atoms with E-state index in [0.717, 1.165) is 5.75 Å².